The quantitative estimate of drug-likeness (QED) is 0.642. The number of alkyl halides is 2. The summed E-state index contributed by atoms with van der Waals surface area (Å²) >= 11 is 0. The fraction of sp³-hybridized carbons (Fsp3) is 0.455. The van der Waals surface area contributed by atoms with Crippen LogP contribution in [0, 0.1) is 0 Å². The summed E-state index contributed by atoms with van der Waals surface area (Å²) in [6, 6.07) is 6.48. The van der Waals surface area contributed by atoms with Crippen molar-refractivity contribution in [2.75, 3.05) is 0 Å². The summed E-state index contributed by atoms with van der Waals surface area (Å²) in [6.07, 6.45) is -2.36. The zero-order valence-electron chi connectivity index (χ0n) is 7.22. The van der Waals surface area contributed by atoms with E-state index >= 15 is 0 Å². The first-order chi connectivity index (χ1) is 5.61. The standard InChI is InChI=1S/C10H12F2.CH4/c1-7(2)8-3-5-9(6-4-8)10(11)12;/h3-7,10H,1-2H3;1H4. The molecular formula is C11H16F2. The second kappa shape index (κ2) is 4.95. The van der Waals surface area contributed by atoms with Gasteiger partial charge in [-0.3, -0.25) is 0 Å². The van der Waals surface area contributed by atoms with Crippen molar-refractivity contribution in [3.05, 3.63) is 35.4 Å². The van der Waals surface area contributed by atoms with Crippen LogP contribution in [-0.2, 0) is 0 Å². The van der Waals surface area contributed by atoms with Crippen LogP contribution in [0.2, 0.25) is 0 Å². The first-order valence-electron chi connectivity index (χ1n) is 3.99. The summed E-state index contributed by atoms with van der Waals surface area (Å²) < 4.78 is 24.2. The Hall–Kier alpha value is -0.920. The zero-order chi connectivity index (χ0) is 9.14. The molecule has 0 heterocycles. The Morgan fingerprint density at radius 1 is 0.923 bits per heavy atom. The third-order valence-corrected chi connectivity index (χ3v) is 1.86. The molecule has 0 saturated carbocycles. The Morgan fingerprint density at radius 3 is 1.62 bits per heavy atom. The lowest BCUT2D eigenvalue weighted by Gasteiger charge is -2.05. The van der Waals surface area contributed by atoms with E-state index in [0.717, 1.165) is 5.56 Å². The molecule has 0 saturated heterocycles. The third-order valence-electron chi connectivity index (χ3n) is 1.86. The van der Waals surface area contributed by atoms with Crippen LogP contribution in [0.4, 0.5) is 8.78 Å². The maximum absolute atomic E-state index is 12.1. The molecule has 1 aromatic rings. The summed E-state index contributed by atoms with van der Waals surface area (Å²) in [7, 11) is 0. The predicted octanol–water partition coefficient (Wildman–Crippen LogP) is 4.38. The molecule has 0 amide bonds. The minimum absolute atomic E-state index is 0. The number of rotatable bonds is 2. The molecule has 0 aliphatic heterocycles. The Kier molecular flexibility index (Phi) is 4.60. The Morgan fingerprint density at radius 2 is 1.31 bits per heavy atom. The monoisotopic (exact) mass is 186 g/mol. The van der Waals surface area contributed by atoms with Crippen molar-refractivity contribution in [1.29, 1.82) is 0 Å². The summed E-state index contributed by atoms with van der Waals surface area (Å²) in [5.41, 5.74) is 1.19. The van der Waals surface area contributed by atoms with E-state index in [0.29, 0.717) is 5.92 Å². The minimum atomic E-state index is -2.36. The summed E-state index contributed by atoms with van der Waals surface area (Å²) in [5, 5.41) is 0. The van der Waals surface area contributed by atoms with Crippen molar-refractivity contribution in [3.8, 4) is 0 Å². The van der Waals surface area contributed by atoms with Crippen LogP contribution in [0.25, 0.3) is 0 Å². The van der Waals surface area contributed by atoms with Gasteiger partial charge in [-0.15, -0.1) is 0 Å². The van der Waals surface area contributed by atoms with Gasteiger partial charge >= 0.3 is 0 Å². The molecule has 0 radical (unpaired) electrons. The maximum Gasteiger partial charge on any atom is 0.263 e. The molecule has 0 nitrogen and oxygen atoms in total. The molecule has 1 rings (SSSR count). The van der Waals surface area contributed by atoms with Crippen molar-refractivity contribution in [1.82, 2.24) is 0 Å². The van der Waals surface area contributed by atoms with E-state index in [1.54, 1.807) is 12.1 Å². The second-order valence-electron chi connectivity index (χ2n) is 3.12. The van der Waals surface area contributed by atoms with Crippen molar-refractivity contribution in [3.63, 3.8) is 0 Å². The van der Waals surface area contributed by atoms with Gasteiger partial charge in [-0.1, -0.05) is 45.5 Å². The lowest BCUT2D eigenvalue weighted by Crippen LogP contribution is -1.88. The first kappa shape index (κ1) is 12.1. The SMILES string of the molecule is C.CC(C)c1ccc(C(F)F)cc1. The number of hydrogen-bond acceptors (Lipinski definition) is 0. The minimum Gasteiger partial charge on any atom is -0.205 e. The van der Waals surface area contributed by atoms with E-state index < -0.39 is 6.43 Å². The highest BCUT2D eigenvalue weighted by Gasteiger charge is 2.06. The Balaban J connectivity index is 0.00000144. The number of benzene rings is 1. The van der Waals surface area contributed by atoms with Gasteiger partial charge in [-0.25, -0.2) is 8.78 Å². The molecule has 0 spiro atoms. The van der Waals surface area contributed by atoms with Crippen LogP contribution in [0.1, 0.15) is 44.7 Å². The van der Waals surface area contributed by atoms with Crippen LogP contribution < -0.4 is 0 Å². The van der Waals surface area contributed by atoms with Gasteiger partial charge in [0.1, 0.15) is 0 Å². The van der Waals surface area contributed by atoms with Gasteiger partial charge in [0.25, 0.3) is 6.43 Å². The topological polar surface area (TPSA) is 0 Å². The van der Waals surface area contributed by atoms with Crippen LogP contribution in [0.15, 0.2) is 24.3 Å². The van der Waals surface area contributed by atoms with Crippen molar-refractivity contribution in [2.24, 2.45) is 0 Å². The molecule has 13 heavy (non-hydrogen) atoms. The normalized spacial score (nSPS) is 10.3. The van der Waals surface area contributed by atoms with Crippen LogP contribution in [0.3, 0.4) is 0 Å². The lowest BCUT2D eigenvalue weighted by molar-refractivity contribution is 0.151. The molecule has 0 bridgehead atoms. The van der Waals surface area contributed by atoms with E-state index in [1.807, 2.05) is 13.8 Å². The fourth-order valence-electron chi connectivity index (χ4n) is 1.03. The van der Waals surface area contributed by atoms with Gasteiger partial charge in [-0.2, -0.15) is 0 Å². The van der Waals surface area contributed by atoms with Crippen molar-refractivity contribution >= 4 is 0 Å². The van der Waals surface area contributed by atoms with Gasteiger partial charge in [0.2, 0.25) is 0 Å². The van der Waals surface area contributed by atoms with E-state index in [1.165, 1.54) is 12.1 Å². The van der Waals surface area contributed by atoms with Crippen molar-refractivity contribution in [2.45, 2.75) is 33.6 Å². The molecule has 0 atom stereocenters. The fourth-order valence-corrected chi connectivity index (χ4v) is 1.03. The highest BCUT2D eigenvalue weighted by Crippen LogP contribution is 2.21. The van der Waals surface area contributed by atoms with Gasteiger partial charge in [0.15, 0.2) is 0 Å². The Bertz CT molecular complexity index is 210. The largest absolute Gasteiger partial charge is 0.263 e. The number of halogens is 2. The summed E-state index contributed by atoms with van der Waals surface area (Å²) in [4.78, 5) is 0. The molecule has 0 unspecified atom stereocenters. The molecule has 74 valence electrons. The van der Waals surface area contributed by atoms with Gasteiger partial charge < -0.3 is 0 Å². The lowest BCUT2D eigenvalue weighted by atomic mass is 10.0. The van der Waals surface area contributed by atoms with E-state index in [9.17, 15) is 8.78 Å². The van der Waals surface area contributed by atoms with Crippen LogP contribution >= 0.6 is 0 Å². The molecule has 0 aliphatic carbocycles. The molecule has 0 aliphatic rings. The summed E-state index contributed by atoms with van der Waals surface area (Å²) in [5.74, 6) is 0.400. The molecule has 0 aromatic heterocycles. The summed E-state index contributed by atoms with van der Waals surface area (Å²) in [6.45, 7) is 4.08. The van der Waals surface area contributed by atoms with Crippen LogP contribution in [-0.4, -0.2) is 0 Å². The predicted molar refractivity (Wildman–Crippen MR) is 52.2 cm³/mol. The molecular weight excluding hydrogens is 170 g/mol. The van der Waals surface area contributed by atoms with E-state index in [-0.39, 0.29) is 13.0 Å². The maximum atomic E-state index is 12.1. The average Bonchev–Trinajstić information content (AvgIpc) is 2.04. The highest BCUT2D eigenvalue weighted by molar-refractivity contribution is 5.25. The third kappa shape index (κ3) is 3.13. The van der Waals surface area contributed by atoms with E-state index in [2.05, 4.69) is 0 Å². The number of hydrogen-bond donors (Lipinski definition) is 0. The smallest absolute Gasteiger partial charge is 0.205 e. The average molecular weight is 186 g/mol. The molecule has 2 heteroatoms. The first-order valence-corrected chi connectivity index (χ1v) is 3.99. The zero-order valence-corrected chi connectivity index (χ0v) is 7.22. The molecule has 0 fully saturated rings. The highest BCUT2D eigenvalue weighted by atomic mass is 19.3. The van der Waals surface area contributed by atoms with Gasteiger partial charge in [0, 0.05) is 5.56 Å². The molecule has 1 aromatic carbocycles. The van der Waals surface area contributed by atoms with E-state index in [4.69, 9.17) is 0 Å². The van der Waals surface area contributed by atoms with Crippen molar-refractivity contribution < 1.29 is 8.78 Å². The van der Waals surface area contributed by atoms with Crippen LogP contribution in [0.5, 0.6) is 0 Å². The van der Waals surface area contributed by atoms with Gasteiger partial charge in [-0.05, 0) is 11.5 Å². The second-order valence-corrected chi connectivity index (χ2v) is 3.12. The molecule has 0 N–H and O–H groups in total. The van der Waals surface area contributed by atoms with Gasteiger partial charge in [0.05, 0.1) is 0 Å². The Labute approximate surface area is 78.6 Å².